The second-order valence-electron chi connectivity index (χ2n) is 5.65. The summed E-state index contributed by atoms with van der Waals surface area (Å²) in [5.74, 6) is -1.30. The van der Waals surface area contributed by atoms with Crippen LogP contribution in [0.3, 0.4) is 0 Å². The molecule has 2 atom stereocenters. The molecule has 1 aliphatic rings. The number of halogens is 1. The molecule has 6 heteroatoms. The number of carboxylic acids is 1. The van der Waals surface area contributed by atoms with E-state index in [1.165, 1.54) is 16.7 Å². The molecule has 1 heterocycles. The summed E-state index contributed by atoms with van der Waals surface area (Å²) in [6.45, 7) is 1.98. The summed E-state index contributed by atoms with van der Waals surface area (Å²) in [6.07, 6.45) is 0. The van der Waals surface area contributed by atoms with Gasteiger partial charge in [0, 0.05) is 16.3 Å². The smallest absolute Gasteiger partial charge is 0.255 e. The molecular weight excluding hydrogens is 346 g/mol. The van der Waals surface area contributed by atoms with Crippen molar-refractivity contribution >= 4 is 35.2 Å². The zero-order valence-corrected chi connectivity index (χ0v) is 14.5. The first-order valence-electron chi connectivity index (χ1n) is 7.44. The zero-order valence-electron chi connectivity index (χ0n) is 12.9. The summed E-state index contributed by atoms with van der Waals surface area (Å²) in [4.78, 5) is 25.8. The molecule has 0 aliphatic carbocycles. The largest absolute Gasteiger partial charge is 0.548 e. The lowest BCUT2D eigenvalue weighted by Gasteiger charge is -2.30. The molecule has 0 aromatic heterocycles. The van der Waals surface area contributed by atoms with Crippen molar-refractivity contribution in [2.75, 3.05) is 5.75 Å². The molecule has 0 bridgehead atoms. The first-order valence-corrected chi connectivity index (χ1v) is 8.87. The lowest BCUT2D eigenvalue weighted by atomic mass is 10.1. The third-order valence-corrected chi connectivity index (χ3v) is 5.50. The third-order valence-electron chi connectivity index (χ3n) is 3.94. The first-order chi connectivity index (χ1) is 11.5. The van der Waals surface area contributed by atoms with Gasteiger partial charge in [-0.25, -0.2) is 0 Å². The number of thioether (sulfide) groups is 1. The Hall–Kier alpha value is -1.98. The fraction of sp³-hybridized carbons (Fsp3) is 0.222. The Bertz CT molecular complexity index is 778. The van der Waals surface area contributed by atoms with Gasteiger partial charge in [0.15, 0.2) is 0 Å². The number of nitrogens with zero attached hydrogens (tertiary/aromatic N) is 1. The van der Waals surface area contributed by atoms with Gasteiger partial charge in [-0.3, -0.25) is 4.79 Å². The van der Waals surface area contributed by atoms with E-state index in [0.29, 0.717) is 16.3 Å². The Balaban J connectivity index is 1.99. The number of hydrogen-bond donors (Lipinski definition) is 0. The third kappa shape index (κ3) is 3.28. The van der Waals surface area contributed by atoms with Crippen LogP contribution in [0.25, 0.3) is 0 Å². The maximum atomic E-state index is 12.9. The molecule has 3 rings (SSSR count). The quantitative estimate of drug-likeness (QED) is 0.844. The molecule has 0 radical (unpaired) electrons. The van der Waals surface area contributed by atoms with E-state index in [9.17, 15) is 14.7 Å². The van der Waals surface area contributed by atoms with Crippen LogP contribution in [0.5, 0.6) is 0 Å². The monoisotopic (exact) mass is 360 g/mol. The maximum Gasteiger partial charge on any atom is 0.255 e. The lowest BCUT2D eigenvalue weighted by Crippen LogP contribution is -2.49. The summed E-state index contributed by atoms with van der Waals surface area (Å²) in [6, 6.07) is 13.3. The SMILES string of the molecule is Cc1ccc([C@H]2SC[C@H](C(=O)[O-])N2C(=O)c2cccc(Cl)c2)cc1. The van der Waals surface area contributed by atoms with E-state index in [4.69, 9.17) is 11.6 Å². The predicted molar refractivity (Wildman–Crippen MR) is 92.8 cm³/mol. The van der Waals surface area contributed by atoms with Crippen LogP contribution in [-0.2, 0) is 4.79 Å². The summed E-state index contributed by atoms with van der Waals surface area (Å²) in [7, 11) is 0. The van der Waals surface area contributed by atoms with E-state index in [1.807, 2.05) is 31.2 Å². The van der Waals surface area contributed by atoms with Crippen molar-refractivity contribution in [1.29, 1.82) is 0 Å². The van der Waals surface area contributed by atoms with Crippen LogP contribution in [0.15, 0.2) is 48.5 Å². The van der Waals surface area contributed by atoms with Crippen LogP contribution in [0, 0.1) is 6.92 Å². The number of aryl methyl sites for hydroxylation is 1. The van der Waals surface area contributed by atoms with E-state index in [0.717, 1.165) is 11.1 Å². The second-order valence-corrected chi connectivity index (χ2v) is 7.20. The van der Waals surface area contributed by atoms with Crippen LogP contribution in [0.2, 0.25) is 5.02 Å². The molecule has 2 aromatic rings. The molecule has 1 saturated heterocycles. The van der Waals surface area contributed by atoms with Crippen LogP contribution in [0.1, 0.15) is 26.9 Å². The standard InChI is InChI=1S/C18H16ClNO3S/c1-11-5-7-12(8-6-11)17-20(15(10-24-17)18(22)23)16(21)13-3-2-4-14(19)9-13/h2-9,15,17H,10H2,1H3,(H,22,23)/p-1/t15-,17-/m1/s1. The summed E-state index contributed by atoms with van der Waals surface area (Å²) in [5.41, 5.74) is 2.36. The van der Waals surface area contributed by atoms with Gasteiger partial charge in [0.25, 0.3) is 5.91 Å². The van der Waals surface area contributed by atoms with Crippen molar-refractivity contribution in [2.24, 2.45) is 0 Å². The first kappa shape index (κ1) is 16.9. The molecule has 1 fully saturated rings. The van der Waals surface area contributed by atoms with Crippen LogP contribution in [0.4, 0.5) is 0 Å². The Morgan fingerprint density at radius 2 is 1.92 bits per heavy atom. The molecule has 1 amide bonds. The molecule has 4 nitrogen and oxygen atoms in total. The van der Waals surface area contributed by atoms with E-state index in [-0.39, 0.29) is 11.3 Å². The van der Waals surface area contributed by atoms with Crippen molar-refractivity contribution in [3.8, 4) is 0 Å². The van der Waals surface area contributed by atoms with Gasteiger partial charge in [-0.15, -0.1) is 11.8 Å². The van der Waals surface area contributed by atoms with E-state index < -0.39 is 12.0 Å². The van der Waals surface area contributed by atoms with Crippen molar-refractivity contribution in [3.63, 3.8) is 0 Å². The van der Waals surface area contributed by atoms with Gasteiger partial charge in [0.05, 0.1) is 12.0 Å². The number of carbonyl (C=O) groups is 2. The molecular formula is C18H15ClNO3S-. The van der Waals surface area contributed by atoms with Gasteiger partial charge >= 0.3 is 0 Å². The maximum absolute atomic E-state index is 12.9. The minimum Gasteiger partial charge on any atom is -0.548 e. The minimum atomic E-state index is -1.24. The molecule has 1 aliphatic heterocycles. The number of aliphatic carboxylic acids is 1. The zero-order chi connectivity index (χ0) is 17.3. The number of benzene rings is 2. The number of carboxylic acid groups (broad SMARTS) is 1. The minimum absolute atomic E-state index is 0.299. The van der Waals surface area contributed by atoms with Crippen LogP contribution in [-0.4, -0.2) is 28.6 Å². The molecule has 0 unspecified atom stereocenters. The summed E-state index contributed by atoms with van der Waals surface area (Å²) in [5, 5.41) is 11.6. The highest BCUT2D eigenvalue weighted by molar-refractivity contribution is 7.99. The van der Waals surface area contributed by atoms with Gasteiger partial charge in [0.2, 0.25) is 0 Å². The van der Waals surface area contributed by atoms with Gasteiger partial charge in [0.1, 0.15) is 5.37 Å². The molecule has 0 spiro atoms. The molecule has 0 saturated carbocycles. The van der Waals surface area contributed by atoms with Gasteiger partial charge in [-0.2, -0.15) is 0 Å². The summed E-state index contributed by atoms with van der Waals surface area (Å²) < 4.78 is 0. The number of rotatable bonds is 3. The van der Waals surface area contributed by atoms with Crippen molar-refractivity contribution < 1.29 is 14.7 Å². The molecule has 2 aromatic carbocycles. The predicted octanol–water partition coefficient (Wildman–Crippen LogP) is 2.65. The fourth-order valence-electron chi connectivity index (χ4n) is 2.69. The van der Waals surface area contributed by atoms with E-state index >= 15 is 0 Å². The summed E-state index contributed by atoms with van der Waals surface area (Å²) >= 11 is 7.39. The van der Waals surface area contributed by atoms with Gasteiger partial charge in [-0.05, 0) is 30.7 Å². The highest BCUT2D eigenvalue weighted by Crippen LogP contribution is 2.42. The molecule has 0 N–H and O–H groups in total. The van der Waals surface area contributed by atoms with Crippen molar-refractivity contribution in [3.05, 3.63) is 70.2 Å². The number of hydrogen-bond acceptors (Lipinski definition) is 4. The van der Waals surface area contributed by atoms with Crippen molar-refractivity contribution in [1.82, 2.24) is 4.90 Å². The highest BCUT2D eigenvalue weighted by atomic mass is 35.5. The number of amides is 1. The Kier molecular flexibility index (Phi) is 4.83. The van der Waals surface area contributed by atoms with Crippen LogP contribution >= 0.6 is 23.4 Å². The Labute approximate surface area is 149 Å². The van der Waals surface area contributed by atoms with Gasteiger partial charge < -0.3 is 14.8 Å². The van der Waals surface area contributed by atoms with Gasteiger partial charge in [-0.1, -0.05) is 47.5 Å². The number of carbonyl (C=O) groups excluding carboxylic acids is 2. The average Bonchev–Trinajstić information content (AvgIpc) is 3.00. The second kappa shape index (κ2) is 6.87. The fourth-order valence-corrected chi connectivity index (χ4v) is 4.30. The normalized spacial score (nSPS) is 20.2. The lowest BCUT2D eigenvalue weighted by molar-refractivity contribution is -0.310. The highest BCUT2D eigenvalue weighted by Gasteiger charge is 2.39. The van der Waals surface area contributed by atoms with E-state index in [1.54, 1.807) is 24.3 Å². The topological polar surface area (TPSA) is 60.4 Å². The molecule has 124 valence electrons. The Morgan fingerprint density at radius 1 is 1.21 bits per heavy atom. The Morgan fingerprint density at radius 3 is 2.54 bits per heavy atom. The van der Waals surface area contributed by atoms with E-state index in [2.05, 4.69) is 0 Å². The van der Waals surface area contributed by atoms with Crippen molar-refractivity contribution in [2.45, 2.75) is 18.3 Å². The average molecular weight is 361 g/mol. The van der Waals surface area contributed by atoms with Crippen LogP contribution < -0.4 is 5.11 Å². The molecule has 24 heavy (non-hydrogen) atoms.